The summed E-state index contributed by atoms with van der Waals surface area (Å²) in [6.45, 7) is 11.4. The molecule has 2 N–H and O–H groups in total. The van der Waals surface area contributed by atoms with E-state index in [0.717, 1.165) is 76.3 Å². The molecule has 0 aromatic carbocycles. The highest BCUT2D eigenvalue weighted by atomic mass is 35.5. The van der Waals surface area contributed by atoms with Crippen molar-refractivity contribution < 1.29 is 14.1 Å². The van der Waals surface area contributed by atoms with E-state index in [4.69, 9.17) is 15.0 Å². The monoisotopic (exact) mass is 561 g/mol. The van der Waals surface area contributed by atoms with Gasteiger partial charge in [0.1, 0.15) is 0 Å². The lowest BCUT2D eigenvalue weighted by Gasteiger charge is -2.34. The standard InChI is InChI=1S/C28H43N7O3.ClH/c1-19(2)27-31-28(38-32-27)33-13-9-21(10-14-33)20(3)11-15-37-25-8-7-22(16-30-25)34-17-23(29)24(18-34)35-12-5-4-6-26(35)36;/h7-8,16,19-21,23-24H,4-6,9-15,17-18,29H2,1-3H3;1H/t20-,23+,24+;/m1./s1. The number of hydrogen-bond donors (Lipinski definition) is 1. The highest BCUT2D eigenvalue weighted by Gasteiger charge is 2.37. The summed E-state index contributed by atoms with van der Waals surface area (Å²) in [6.07, 6.45) is 7.81. The van der Waals surface area contributed by atoms with E-state index in [1.165, 1.54) is 0 Å². The number of hydrogen-bond acceptors (Lipinski definition) is 9. The minimum atomic E-state index is -0.0362. The first-order chi connectivity index (χ1) is 18.4. The molecule has 0 radical (unpaired) electrons. The number of anilines is 2. The van der Waals surface area contributed by atoms with Gasteiger partial charge in [0.25, 0.3) is 0 Å². The van der Waals surface area contributed by atoms with Crippen molar-refractivity contribution in [1.29, 1.82) is 0 Å². The molecule has 3 atom stereocenters. The molecule has 5 rings (SSSR count). The van der Waals surface area contributed by atoms with Gasteiger partial charge in [0.2, 0.25) is 11.8 Å². The number of pyridine rings is 1. The fourth-order valence-corrected chi connectivity index (χ4v) is 6.01. The van der Waals surface area contributed by atoms with Crippen LogP contribution in [0.2, 0.25) is 0 Å². The van der Waals surface area contributed by atoms with Gasteiger partial charge in [0.15, 0.2) is 5.82 Å². The van der Waals surface area contributed by atoms with Crippen LogP contribution in [0.1, 0.15) is 71.0 Å². The van der Waals surface area contributed by atoms with Gasteiger partial charge in [-0.15, -0.1) is 12.4 Å². The van der Waals surface area contributed by atoms with Gasteiger partial charge in [-0.3, -0.25) is 4.79 Å². The van der Waals surface area contributed by atoms with Crippen LogP contribution in [0.4, 0.5) is 11.7 Å². The largest absolute Gasteiger partial charge is 0.478 e. The van der Waals surface area contributed by atoms with Gasteiger partial charge in [0, 0.05) is 57.2 Å². The summed E-state index contributed by atoms with van der Waals surface area (Å²) in [4.78, 5) is 27.9. The normalized spacial score (nSPS) is 23.3. The average molecular weight is 562 g/mol. The third-order valence-electron chi connectivity index (χ3n) is 8.56. The SMILES string of the molecule is CC(C)c1noc(N2CCC([C@H](C)CCOc3ccc(N4C[C@H](N)[C@@H](N5CCCCC5=O)C4)cn3)CC2)n1.Cl. The first-order valence-corrected chi connectivity index (χ1v) is 14.4. The zero-order chi connectivity index (χ0) is 26.6. The first kappa shape index (κ1) is 29.4. The van der Waals surface area contributed by atoms with Crippen LogP contribution in [0.5, 0.6) is 5.88 Å². The number of piperidine rings is 2. The van der Waals surface area contributed by atoms with Crippen LogP contribution in [0, 0.1) is 11.8 Å². The number of nitrogens with two attached hydrogens (primary N) is 1. The van der Waals surface area contributed by atoms with Crippen LogP contribution >= 0.6 is 12.4 Å². The van der Waals surface area contributed by atoms with Gasteiger partial charge in [0.05, 0.1) is 24.5 Å². The molecule has 5 heterocycles. The first-order valence-electron chi connectivity index (χ1n) is 14.4. The third kappa shape index (κ3) is 6.95. The second kappa shape index (κ2) is 13.2. The molecule has 0 spiro atoms. The van der Waals surface area contributed by atoms with Crippen LogP contribution in [-0.2, 0) is 4.79 Å². The Kier molecular flexibility index (Phi) is 9.93. The van der Waals surface area contributed by atoms with Crippen molar-refractivity contribution in [2.75, 3.05) is 49.1 Å². The highest BCUT2D eigenvalue weighted by Crippen LogP contribution is 2.30. The molecule has 0 unspecified atom stereocenters. The molecule has 10 nitrogen and oxygen atoms in total. The number of likely N-dealkylation sites (tertiary alicyclic amines) is 1. The maximum Gasteiger partial charge on any atom is 0.324 e. The van der Waals surface area contributed by atoms with E-state index < -0.39 is 0 Å². The van der Waals surface area contributed by atoms with Crippen LogP contribution < -0.4 is 20.3 Å². The Morgan fingerprint density at radius 3 is 2.56 bits per heavy atom. The predicted molar refractivity (Wildman–Crippen MR) is 154 cm³/mol. The van der Waals surface area contributed by atoms with Crippen molar-refractivity contribution in [1.82, 2.24) is 20.0 Å². The Hall–Kier alpha value is -2.59. The van der Waals surface area contributed by atoms with Crippen molar-refractivity contribution >= 4 is 30.0 Å². The molecule has 3 saturated heterocycles. The van der Waals surface area contributed by atoms with E-state index >= 15 is 0 Å². The summed E-state index contributed by atoms with van der Waals surface area (Å²) >= 11 is 0. The summed E-state index contributed by atoms with van der Waals surface area (Å²) < 4.78 is 11.5. The van der Waals surface area contributed by atoms with Crippen LogP contribution in [0.15, 0.2) is 22.9 Å². The molecule has 3 fully saturated rings. The van der Waals surface area contributed by atoms with Crippen molar-refractivity contribution in [3.05, 3.63) is 24.2 Å². The highest BCUT2D eigenvalue weighted by molar-refractivity contribution is 5.85. The Labute approximate surface area is 238 Å². The smallest absolute Gasteiger partial charge is 0.324 e. The molecular weight excluding hydrogens is 518 g/mol. The van der Waals surface area contributed by atoms with E-state index in [1.807, 2.05) is 17.2 Å². The summed E-state index contributed by atoms with van der Waals surface area (Å²) in [6, 6.07) is 4.70. The van der Waals surface area contributed by atoms with Gasteiger partial charge in [-0.05, 0) is 50.0 Å². The summed E-state index contributed by atoms with van der Waals surface area (Å²) in [5.74, 6) is 3.18. The molecule has 2 aromatic heterocycles. The van der Waals surface area contributed by atoms with Crippen LogP contribution in [-0.4, -0.2) is 77.3 Å². The molecule has 0 aliphatic carbocycles. The lowest BCUT2D eigenvalue weighted by atomic mass is 9.84. The van der Waals surface area contributed by atoms with Gasteiger partial charge >= 0.3 is 6.01 Å². The Bertz CT molecular complexity index is 1060. The molecule has 39 heavy (non-hydrogen) atoms. The van der Waals surface area contributed by atoms with Gasteiger partial charge in [-0.25, -0.2) is 4.98 Å². The molecule has 2 aromatic rings. The zero-order valence-corrected chi connectivity index (χ0v) is 24.3. The van der Waals surface area contributed by atoms with E-state index in [1.54, 1.807) is 0 Å². The molecule has 0 saturated carbocycles. The number of nitrogens with zero attached hydrogens (tertiary/aromatic N) is 6. The Morgan fingerprint density at radius 2 is 1.90 bits per heavy atom. The zero-order valence-electron chi connectivity index (χ0n) is 23.5. The maximum absolute atomic E-state index is 12.4. The minimum absolute atomic E-state index is 0. The topological polar surface area (TPSA) is 114 Å². The van der Waals surface area contributed by atoms with E-state index in [-0.39, 0.29) is 36.3 Å². The van der Waals surface area contributed by atoms with Crippen molar-refractivity contribution in [3.8, 4) is 5.88 Å². The lowest BCUT2D eigenvalue weighted by molar-refractivity contribution is -0.135. The second-order valence-electron chi connectivity index (χ2n) is 11.6. The molecule has 3 aliphatic rings. The van der Waals surface area contributed by atoms with E-state index in [9.17, 15) is 4.79 Å². The molecule has 216 valence electrons. The number of amides is 1. The Morgan fingerprint density at radius 1 is 1.10 bits per heavy atom. The Balaban J connectivity index is 0.00000353. The third-order valence-corrected chi connectivity index (χ3v) is 8.56. The number of rotatable bonds is 9. The van der Waals surface area contributed by atoms with Gasteiger partial charge < -0.3 is 29.7 Å². The van der Waals surface area contributed by atoms with Crippen molar-refractivity contribution in [2.24, 2.45) is 17.6 Å². The number of carbonyl (C=O) groups excluding carboxylic acids is 1. The quantitative estimate of drug-likeness (QED) is 0.487. The van der Waals surface area contributed by atoms with Crippen molar-refractivity contribution in [2.45, 2.75) is 77.3 Å². The average Bonchev–Trinajstić information content (AvgIpc) is 3.57. The van der Waals surface area contributed by atoms with Crippen LogP contribution in [0.3, 0.4) is 0 Å². The molecule has 0 bridgehead atoms. The predicted octanol–water partition coefficient (Wildman–Crippen LogP) is 3.86. The summed E-state index contributed by atoms with van der Waals surface area (Å²) in [7, 11) is 0. The van der Waals surface area contributed by atoms with Gasteiger partial charge in [-0.1, -0.05) is 25.9 Å². The summed E-state index contributed by atoms with van der Waals surface area (Å²) in [5, 5.41) is 4.10. The molecular formula is C28H44ClN7O3. The minimum Gasteiger partial charge on any atom is -0.478 e. The number of aromatic nitrogens is 3. The fraction of sp³-hybridized carbons (Fsp3) is 0.714. The lowest BCUT2D eigenvalue weighted by Crippen LogP contribution is -2.51. The summed E-state index contributed by atoms with van der Waals surface area (Å²) in [5.41, 5.74) is 7.47. The second-order valence-corrected chi connectivity index (χ2v) is 11.6. The van der Waals surface area contributed by atoms with Gasteiger partial charge in [-0.2, -0.15) is 4.98 Å². The van der Waals surface area contributed by atoms with E-state index in [0.29, 0.717) is 36.8 Å². The number of halogens is 1. The maximum atomic E-state index is 12.4. The number of carbonyl (C=O) groups is 1. The van der Waals surface area contributed by atoms with Crippen LogP contribution in [0.25, 0.3) is 0 Å². The fourth-order valence-electron chi connectivity index (χ4n) is 6.01. The van der Waals surface area contributed by atoms with E-state index in [2.05, 4.69) is 51.8 Å². The number of ether oxygens (including phenoxy) is 1. The van der Waals surface area contributed by atoms with Crippen molar-refractivity contribution in [3.63, 3.8) is 0 Å². The molecule has 3 aliphatic heterocycles. The molecule has 1 amide bonds. The molecule has 11 heteroatoms.